The summed E-state index contributed by atoms with van der Waals surface area (Å²) in [4.78, 5) is 0. The first-order chi connectivity index (χ1) is 0. The van der Waals surface area contributed by atoms with Crippen LogP contribution < -0.4 is 0 Å². The summed E-state index contributed by atoms with van der Waals surface area (Å²) in [6.45, 7) is 0. The molecule has 0 bridgehead atoms. The first-order valence-corrected chi connectivity index (χ1v) is 0. The predicted molar refractivity (Wildman–Crippen MR) is 18.5 cm³/mol. The molecule has 0 aliphatic rings. The van der Waals surface area contributed by atoms with Gasteiger partial charge >= 0.3 is 27.3 Å². The molecule has 0 saturated carbocycles. The fourth-order valence-corrected chi connectivity index (χ4v) is 0. The van der Waals surface area contributed by atoms with E-state index in [0.29, 0.717) is 0 Å². The van der Waals surface area contributed by atoms with Crippen molar-refractivity contribution in [2.75, 3.05) is 0 Å². The van der Waals surface area contributed by atoms with E-state index in [1.165, 1.54) is 0 Å². The van der Waals surface area contributed by atoms with E-state index in [1.807, 2.05) is 0 Å². The van der Waals surface area contributed by atoms with Crippen LogP contribution in [0, 0.1) is 0 Å². The van der Waals surface area contributed by atoms with Crippen LogP contribution in [0.25, 0.3) is 0 Å². The maximum atomic E-state index is 0. The van der Waals surface area contributed by atoms with E-state index in [1.54, 1.807) is 0 Å². The van der Waals surface area contributed by atoms with Crippen LogP contribution in [0.1, 0.15) is 0 Å². The molecule has 0 atom stereocenters. The summed E-state index contributed by atoms with van der Waals surface area (Å²) in [5, 5.41) is 0. The van der Waals surface area contributed by atoms with E-state index in [2.05, 4.69) is 0 Å². The molecule has 0 aliphatic heterocycles. The van der Waals surface area contributed by atoms with Crippen LogP contribution in [0.5, 0.6) is 0 Å². The molecule has 50 valence electrons. The summed E-state index contributed by atoms with van der Waals surface area (Å²) in [5.74, 6) is 0. The maximum Gasteiger partial charge on any atom is 0 e. The van der Waals surface area contributed by atoms with Gasteiger partial charge in [-0.2, -0.15) is 0 Å². The van der Waals surface area contributed by atoms with Gasteiger partial charge in [0.05, 0.1) is 0 Å². The van der Waals surface area contributed by atoms with E-state index in [-0.39, 0.29) is 132 Å². The molecule has 0 N–H and O–H groups in total. The third-order valence-electron chi connectivity index (χ3n) is 0. The van der Waals surface area contributed by atoms with Gasteiger partial charge in [0.25, 0.3) is 0 Å². The standard InChI is InChI=1S/Al.Cu.Fe.Mn.Ni.Pb.Zn.5H. The Morgan fingerprint density at radius 2 is 1.00 bits per heavy atom. The Labute approximate surface area is 129 Å². The zero-order valence-electron chi connectivity index (χ0n) is 2.76. The molecule has 7 heteroatoms. The molecule has 0 nitrogen and oxygen atoms in total. The second-order valence-corrected chi connectivity index (χ2v) is 0. The van der Waals surface area contributed by atoms with Crippen molar-refractivity contribution in [1.29, 1.82) is 0 Å². The van der Waals surface area contributed by atoms with Gasteiger partial charge in [0.1, 0.15) is 0 Å². The molecular weight excluding hydrogens is 533 g/mol. The minimum absolute atomic E-state index is 0. The first-order valence-electron chi connectivity index (χ1n) is 0. The topological polar surface area (TPSA) is 0 Å². The Hall–Kier alpha value is 4.13. The zero-order valence-corrected chi connectivity index (χ0v) is 15.4. The van der Waals surface area contributed by atoms with Crippen molar-refractivity contribution >= 4 is 44.7 Å². The summed E-state index contributed by atoms with van der Waals surface area (Å²) < 4.78 is 0. The van der Waals surface area contributed by atoms with Crippen molar-refractivity contribution in [3.63, 3.8) is 0 Å². The fourth-order valence-electron chi connectivity index (χ4n) is 0. The molecule has 0 unspecified atom stereocenters. The Morgan fingerprint density at radius 3 is 1.00 bits per heavy atom. The van der Waals surface area contributed by atoms with Crippen molar-refractivity contribution in [2.45, 2.75) is 0 Å². The van der Waals surface area contributed by atoms with Crippen LogP contribution >= 0.6 is 0 Å². The van der Waals surface area contributed by atoms with Gasteiger partial charge in [-0.25, -0.2) is 0 Å². The van der Waals surface area contributed by atoms with Gasteiger partial charge in [-0.05, 0) is 0 Å². The summed E-state index contributed by atoms with van der Waals surface area (Å²) in [7, 11) is 0. The van der Waals surface area contributed by atoms with Gasteiger partial charge in [0.2, 0.25) is 0 Å². The van der Waals surface area contributed by atoms with Crippen LogP contribution in [0.15, 0.2) is 0 Å². The monoisotopic (exact) mass is 536 g/mol. The minimum atomic E-state index is 0. The summed E-state index contributed by atoms with van der Waals surface area (Å²) >= 11 is 0. The Morgan fingerprint density at radius 1 is 1.00 bits per heavy atom. The fraction of sp³-hybridized carbons (Fsp3) is 0. The molecule has 0 rings (SSSR count). The van der Waals surface area contributed by atoms with Gasteiger partial charge < -0.3 is 0 Å². The van der Waals surface area contributed by atoms with Crippen molar-refractivity contribution in [2.24, 2.45) is 0 Å². The quantitative estimate of drug-likeness (QED) is 0.311. The van der Waals surface area contributed by atoms with Gasteiger partial charge in [-0.15, -0.1) is 0 Å². The average molecular weight is 538 g/mol. The average Bonchev–Trinajstić information content (AvgIpc) is 0. The van der Waals surface area contributed by atoms with Crippen LogP contribution in [-0.4, -0.2) is 44.7 Å². The zero-order chi connectivity index (χ0) is 0. The third-order valence-corrected chi connectivity index (χ3v) is 0. The normalized spacial score (nSPS) is 0. The van der Waals surface area contributed by atoms with Crippen molar-refractivity contribution < 1.29 is 87.2 Å². The molecule has 0 aliphatic carbocycles. The van der Waals surface area contributed by atoms with Crippen LogP contribution in [0.3, 0.4) is 0 Å². The van der Waals surface area contributed by atoms with E-state index < -0.39 is 0 Å². The second-order valence-electron chi connectivity index (χ2n) is 0. The van der Waals surface area contributed by atoms with E-state index >= 15 is 0 Å². The Bertz CT molecular complexity index is 19.7. The van der Waals surface area contributed by atoms with Crippen molar-refractivity contribution in [1.82, 2.24) is 0 Å². The van der Waals surface area contributed by atoms with Gasteiger partial charge in [0.15, 0.2) is 17.4 Å². The third kappa shape index (κ3) is 39.3. The molecule has 0 amide bonds. The smallest absolute Gasteiger partial charge is 0 e. The molecule has 0 spiro atoms. The van der Waals surface area contributed by atoms with Crippen LogP contribution in [0.4, 0.5) is 0 Å². The van der Waals surface area contributed by atoms with Crippen molar-refractivity contribution in [3.05, 3.63) is 0 Å². The van der Waals surface area contributed by atoms with E-state index in [9.17, 15) is 0 Å². The number of hydrogen-bond acceptors (Lipinski definition) is 0. The maximum absolute atomic E-state index is 0. The van der Waals surface area contributed by atoms with Gasteiger partial charge in [-0.1, -0.05) is 0 Å². The molecule has 0 aromatic carbocycles. The van der Waals surface area contributed by atoms with Crippen LogP contribution in [0.2, 0.25) is 0 Å². The second kappa shape index (κ2) is 49.5. The van der Waals surface area contributed by atoms with E-state index in [4.69, 9.17) is 0 Å². The number of rotatable bonds is 0. The largest absolute Gasteiger partial charge is 0 e. The molecule has 0 aromatic rings. The summed E-state index contributed by atoms with van der Waals surface area (Å²) in [5.41, 5.74) is 0. The first kappa shape index (κ1) is 67.0. The molecular formula is H5AlCuFeMnNiPbZn. The molecule has 7 heavy (non-hydrogen) atoms. The number of hydrogen-bond donors (Lipinski definition) is 0. The molecule has 0 saturated heterocycles. The molecule has 0 heterocycles. The Balaban J connectivity index is 0. The van der Waals surface area contributed by atoms with E-state index in [0.717, 1.165) is 0 Å². The molecule has 0 fully saturated rings. The predicted octanol–water partition coefficient (Wildman–Crippen LogP) is -2.11. The SMILES string of the molecule is [AlH3].[Cu].[Fe].[Mn].[Ni].[PbH2].[Zn]. The summed E-state index contributed by atoms with van der Waals surface area (Å²) in [6.07, 6.45) is 0. The molecule has 0 aromatic heterocycles. The minimum Gasteiger partial charge on any atom is 0 e. The van der Waals surface area contributed by atoms with Crippen molar-refractivity contribution in [3.8, 4) is 0 Å². The Kier molecular flexibility index (Phi) is 474. The summed E-state index contributed by atoms with van der Waals surface area (Å²) in [6, 6.07) is 0. The van der Waals surface area contributed by atoms with Crippen LogP contribution in [-0.2, 0) is 87.2 Å². The van der Waals surface area contributed by atoms with Gasteiger partial charge in [0, 0.05) is 87.2 Å². The van der Waals surface area contributed by atoms with Gasteiger partial charge in [-0.3, -0.25) is 0 Å². The molecule has 4 radical (unpaired) electrons.